The van der Waals surface area contributed by atoms with E-state index in [1.165, 1.54) is 31.1 Å². The van der Waals surface area contributed by atoms with Gasteiger partial charge in [-0.1, -0.05) is 12.8 Å². The summed E-state index contributed by atoms with van der Waals surface area (Å²) in [6, 6.07) is 7.61. The van der Waals surface area contributed by atoms with Crippen molar-refractivity contribution in [1.29, 1.82) is 0 Å². The van der Waals surface area contributed by atoms with Gasteiger partial charge in [0.15, 0.2) is 0 Å². The summed E-state index contributed by atoms with van der Waals surface area (Å²) in [5, 5.41) is 9.13. The third-order valence-electron chi connectivity index (χ3n) is 6.95. The van der Waals surface area contributed by atoms with E-state index in [0.717, 1.165) is 41.1 Å². The van der Waals surface area contributed by atoms with E-state index in [1.807, 2.05) is 30.9 Å². The minimum atomic E-state index is 0.466. The zero-order valence-electron chi connectivity index (χ0n) is 19.2. The van der Waals surface area contributed by atoms with Crippen molar-refractivity contribution in [3.8, 4) is 0 Å². The van der Waals surface area contributed by atoms with Gasteiger partial charge in [0.05, 0.1) is 23.6 Å². The summed E-state index contributed by atoms with van der Waals surface area (Å²) in [7, 11) is 0. The molecule has 8 heteroatoms. The minimum Gasteiger partial charge on any atom is -0.367 e. The second kappa shape index (κ2) is 8.26. The zero-order valence-corrected chi connectivity index (χ0v) is 19.2. The minimum absolute atomic E-state index is 0.466. The third-order valence-corrected chi connectivity index (χ3v) is 6.95. The van der Waals surface area contributed by atoms with E-state index in [4.69, 9.17) is 4.98 Å². The molecule has 2 unspecified atom stereocenters. The van der Waals surface area contributed by atoms with Crippen LogP contribution in [-0.2, 0) is 0 Å². The number of hydrogen-bond donors (Lipinski definition) is 2. The number of anilines is 3. The van der Waals surface area contributed by atoms with Crippen molar-refractivity contribution < 1.29 is 0 Å². The van der Waals surface area contributed by atoms with Crippen LogP contribution in [0.1, 0.15) is 45.6 Å². The molecule has 2 N–H and O–H groups in total. The van der Waals surface area contributed by atoms with Crippen LogP contribution < -0.4 is 15.5 Å². The highest BCUT2D eigenvalue weighted by molar-refractivity contribution is 6.06. The molecule has 2 fully saturated rings. The van der Waals surface area contributed by atoms with Crippen LogP contribution in [0.25, 0.3) is 21.9 Å². The van der Waals surface area contributed by atoms with Crippen LogP contribution in [0.2, 0.25) is 0 Å². The highest BCUT2D eigenvalue weighted by Gasteiger charge is 2.24. The van der Waals surface area contributed by atoms with E-state index in [9.17, 15) is 0 Å². The Labute approximate surface area is 193 Å². The van der Waals surface area contributed by atoms with E-state index in [-0.39, 0.29) is 0 Å². The van der Waals surface area contributed by atoms with Crippen molar-refractivity contribution in [2.45, 2.75) is 57.7 Å². The molecule has 2 aliphatic rings. The zero-order chi connectivity index (χ0) is 22.4. The lowest BCUT2D eigenvalue weighted by atomic mass is 10.1. The van der Waals surface area contributed by atoms with E-state index in [2.05, 4.69) is 61.0 Å². The number of nitrogens with zero attached hydrogens (tertiary/aromatic N) is 6. The van der Waals surface area contributed by atoms with Gasteiger partial charge >= 0.3 is 0 Å². The maximum atomic E-state index is 4.94. The maximum absolute atomic E-state index is 4.94. The molecule has 0 amide bonds. The summed E-state index contributed by atoms with van der Waals surface area (Å²) in [4.78, 5) is 21.0. The Morgan fingerprint density at radius 2 is 1.76 bits per heavy atom. The number of pyridine rings is 2. The van der Waals surface area contributed by atoms with E-state index in [1.54, 1.807) is 0 Å². The molecular weight excluding hydrogens is 412 g/mol. The van der Waals surface area contributed by atoms with Crippen molar-refractivity contribution in [1.82, 2.24) is 29.8 Å². The molecule has 0 radical (unpaired) electrons. The third kappa shape index (κ3) is 3.78. The average Bonchev–Trinajstić information content (AvgIpc) is 3.44. The van der Waals surface area contributed by atoms with Gasteiger partial charge in [-0.05, 0) is 44.9 Å². The number of fused-ring (bicyclic) bond motifs is 3. The lowest BCUT2D eigenvalue weighted by Crippen LogP contribution is -2.54. The molecule has 2 atom stereocenters. The first-order chi connectivity index (χ1) is 16.2. The van der Waals surface area contributed by atoms with Gasteiger partial charge in [-0.2, -0.15) is 4.98 Å². The fourth-order valence-electron chi connectivity index (χ4n) is 5.56. The topological polar surface area (TPSA) is 83.8 Å². The molecule has 33 heavy (non-hydrogen) atoms. The lowest BCUT2D eigenvalue weighted by Gasteiger charge is -2.37. The van der Waals surface area contributed by atoms with Crippen molar-refractivity contribution >= 4 is 39.4 Å². The summed E-state index contributed by atoms with van der Waals surface area (Å²) >= 11 is 0. The quantitative estimate of drug-likeness (QED) is 0.484. The smallest absolute Gasteiger partial charge is 0.230 e. The second-order valence-corrected chi connectivity index (χ2v) is 9.53. The van der Waals surface area contributed by atoms with Crippen molar-refractivity contribution in [2.24, 2.45) is 0 Å². The number of rotatable bonds is 4. The molecule has 0 spiro atoms. The first-order valence-corrected chi connectivity index (χ1v) is 12.0. The molecule has 170 valence electrons. The fourth-order valence-corrected chi connectivity index (χ4v) is 5.56. The molecule has 1 saturated carbocycles. The van der Waals surface area contributed by atoms with Crippen LogP contribution >= 0.6 is 0 Å². The van der Waals surface area contributed by atoms with Crippen LogP contribution in [0.4, 0.5) is 17.5 Å². The fraction of sp³-hybridized carbons (Fsp3) is 0.440. The summed E-state index contributed by atoms with van der Waals surface area (Å²) < 4.78 is 2.38. The van der Waals surface area contributed by atoms with Crippen molar-refractivity contribution in [3.63, 3.8) is 0 Å². The van der Waals surface area contributed by atoms with Crippen molar-refractivity contribution in [3.05, 3.63) is 43.0 Å². The Morgan fingerprint density at radius 3 is 2.52 bits per heavy atom. The molecule has 8 nitrogen and oxygen atoms in total. The highest BCUT2D eigenvalue weighted by Crippen LogP contribution is 2.37. The SMILES string of the molecule is CC1CN(c2ccc(Nc3ncc4c5ccncc5n(C5CCCC5)c4n3)nc2)CC(C)N1. The first kappa shape index (κ1) is 20.4. The number of nitrogens with one attached hydrogen (secondary N) is 2. The molecular formula is C25H30N8. The monoisotopic (exact) mass is 442 g/mol. The highest BCUT2D eigenvalue weighted by atomic mass is 15.2. The molecule has 0 bridgehead atoms. The Balaban J connectivity index is 1.30. The van der Waals surface area contributed by atoms with E-state index in [0.29, 0.717) is 24.1 Å². The van der Waals surface area contributed by atoms with E-state index >= 15 is 0 Å². The number of hydrogen-bond acceptors (Lipinski definition) is 7. The molecule has 0 aromatic carbocycles. The van der Waals surface area contributed by atoms with Crippen LogP contribution in [0.3, 0.4) is 0 Å². The van der Waals surface area contributed by atoms with Gasteiger partial charge in [0.1, 0.15) is 11.5 Å². The Kier molecular flexibility index (Phi) is 5.10. The number of piperazine rings is 1. The van der Waals surface area contributed by atoms with Gasteiger partial charge in [0, 0.05) is 54.4 Å². The molecule has 4 aromatic heterocycles. The maximum Gasteiger partial charge on any atom is 0.230 e. The predicted molar refractivity (Wildman–Crippen MR) is 132 cm³/mol. The summed E-state index contributed by atoms with van der Waals surface area (Å²) in [5.74, 6) is 1.32. The van der Waals surface area contributed by atoms with Crippen LogP contribution in [0.15, 0.2) is 43.0 Å². The van der Waals surface area contributed by atoms with Crippen molar-refractivity contribution in [2.75, 3.05) is 23.3 Å². The van der Waals surface area contributed by atoms with E-state index < -0.39 is 0 Å². The molecule has 6 rings (SSSR count). The van der Waals surface area contributed by atoms with Gasteiger partial charge in [0.25, 0.3) is 0 Å². The summed E-state index contributed by atoms with van der Waals surface area (Å²) in [6.07, 6.45) is 12.6. The largest absolute Gasteiger partial charge is 0.367 e. The molecule has 1 aliphatic heterocycles. The Bertz CT molecular complexity index is 1270. The summed E-state index contributed by atoms with van der Waals surface area (Å²) in [5.41, 5.74) is 3.27. The predicted octanol–water partition coefficient (Wildman–Crippen LogP) is 4.42. The number of aromatic nitrogens is 5. The molecule has 1 aliphatic carbocycles. The van der Waals surface area contributed by atoms with Crippen LogP contribution in [-0.4, -0.2) is 49.7 Å². The second-order valence-electron chi connectivity index (χ2n) is 9.53. The van der Waals surface area contributed by atoms with Gasteiger partial charge in [-0.3, -0.25) is 4.98 Å². The summed E-state index contributed by atoms with van der Waals surface area (Å²) in [6.45, 7) is 6.42. The van der Waals surface area contributed by atoms with Crippen LogP contribution in [0, 0.1) is 0 Å². The first-order valence-electron chi connectivity index (χ1n) is 12.0. The van der Waals surface area contributed by atoms with Gasteiger partial charge < -0.3 is 20.1 Å². The lowest BCUT2D eigenvalue weighted by molar-refractivity contribution is 0.407. The van der Waals surface area contributed by atoms with Gasteiger partial charge in [0.2, 0.25) is 5.95 Å². The normalized spacial score (nSPS) is 21.8. The molecule has 5 heterocycles. The molecule has 1 saturated heterocycles. The van der Waals surface area contributed by atoms with Gasteiger partial charge in [-0.25, -0.2) is 9.97 Å². The van der Waals surface area contributed by atoms with Crippen LogP contribution in [0.5, 0.6) is 0 Å². The van der Waals surface area contributed by atoms with Gasteiger partial charge in [-0.15, -0.1) is 0 Å². The average molecular weight is 443 g/mol. The molecule has 4 aromatic rings. The standard InChI is InChI=1S/C25H30N8/c1-16-14-32(15-17(2)29-16)19-7-8-23(27-11-19)30-25-28-12-21-20-9-10-26-13-22(20)33(24(21)31-25)18-5-3-4-6-18/h7-13,16-18,29H,3-6,14-15H2,1-2H3,(H,27,28,30,31). The Hall–Kier alpha value is -3.26. The Morgan fingerprint density at radius 1 is 0.939 bits per heavy atom.